The van der Waals surface area contributed by atoms with Gasteiger partial charge in [-0.3, -0.25) is 4.79 Å². The maximum Gasteiger partial charge on any atom is 0.243 e. The molecule has 3 rings (SSSR count). The van der Waals surface area contributed by atoms with Crippen LogP contribution in [-0.2, 0) is 14.8 Å². The zero-order valence-electron chi connectivity index (χ0n) is 16.1. The molecule has 0 radical (unpaired) electrons. The Labute approximate surface area is 161 Å². The lowest BCUT2D eigenvalue weighted by Crippen LogP contribution is -2.43. The third-order valence-electron chi connectivity index (χ3n) is 5.39. The highest BCUT2D eigenvalue weighted by molar-refractivity contribution is 7.89. The summed E-state index contributed by atoms with van der Waals surface area (Å²) in [6.07, 6.45) is 1.08. The largest absolute Gasteiger partial charge is 0.315 e. The van der Waals surface area contributed by atoms with Crippen molar-refractivity contribution in [2.75, 3.05) is 25.0 Å². The van der Waals surface area contributed by atoms with Crippen molar-refractivity contribution in [1.82, 2.24) is 4.31 Å². The molecule has 0 unspecified atom stereocenters. The maximum absolute atomic E-state index is 12.9. The standard InChI is InChI=1S/C21H26N2O3S/c1-16-9-10-20(15-17(16)2)27(25,26)23-13-11-18(12-14-23)21(24)22(3)19-7-5-4-6-8-19/h4-10,15,18H,11-14H2,1-3H3. The minimum absolute atomic E-state index is 0.0458. The molecule has 6 heteroatoms. The smallest absolute Gasteiger partial charge is 0.243 e. The van der Waals surface area contributed by atoms with E-state index in [9.17, 15) is 13.2 Å². The van der Waals surface area contributed by atoms with E-state index in [0.717, 1.165) is 16.8 Å². The molecule has 1 saturated heterocycles. The van der Waals surface area contributed by atoms with Crippen molar-refractivity contribution in [2.24, 2.45) is 5.92 Å². The predicted molar refractivity (Wildman–Crippen MR) is 107 cm³/mol. The van der Waals surface area contributed by atoms with E-state index in [1.807, 2.05) is 50.2 Å². The van der Waals surface area contributed by atoms with Crippen LogP contribution in [0.25, 0.3) is 0 Å². The van der Waals surface area contributed by atoms with E-state index in [-0.39, 0.29) is 11.8 Å². The minimum atomic E-state index is -3.51. The van der Waals surface area contributed by atoms with Gasteiger partial charge in [0.1, 0.15) is 0 Å². The molecular weight excluding hydrogens is 360 g/mol. The van der Waals surface area contributed by atoms with Gasteiger partial charge >= 0.3 is 0 Å². The van der Waals surface area contributed by atoms with Gasteiger partial charge in [-0.15, -0.1) is 0 Å². The first kappa shape index (κ1) is 19.6. The lowest BCUT2D eigenvalue weighted by atomic mass is 9.96. The first-order chi connectivity index (χ1) is 12.8. The Morgan fingerprint density at radius 3 is 2.22 bits per heavy atom. The van der Waals surface area contributed by atoms with Gasteiger partial charge in [0.05, 0.1) is 4.90 Å². The number of anilines is 1. The van der Waals surface area contributed by atoms with E-state index in [4.69, 9.17) is 0 Å². The predicted octanol–water partition coefficient (Wildman–Crippen LogP) is 3.37. The minimum Gasteiger partial charge on any atom is -0.315 e. The summed E-state index contributed by atoms with van der Waals surface area (Å²) < 4.78 is 27.3. The van der Waals surface area contributed by atoms with Crippen LogP contribution in [0, 0.1) is 19.8 Å². The Kier molecular flexibility index (Phi) is 5.67. The number of para-hydroxylation sites is 1. The van der Waals surface area contributed by atoms with Gasteiger partial charge in [-0.2, -0.15) is 4.31 Å². The van der Waals surface area contributed by atoms with Crippen LogP contribution in [-0.4, -0.2) is 38.8 Å². The molecule has 144 valence electrons. The number of aryl methyl sites for hydroxylation is 2. The fraction of sp³-hybridized carbons (Fsp3) is 0.381. The van der Waals surface area contributed by atoms with Gasteiger partial charge in [-0.05, 0) is 62.1 Å². The monoisotopic (exact) mass is 386 g/mol. The summed E-state index contributed by atoms with van der Waals surface area (Å²) in [7, 11) is -1.74. The molecule has 5 nitrogen and oxygen atoms in total. The summed E-state index contributed by atoms with van der Waals surface area (Å²) in [5.41, 5.74) is 2.89. The van der Waals surface area contributed by atoms with Crippen molar-refractivity contribution in [2.45, 2.75) is 31.6 Å². The molecule has 1 aliphatic rings. The van der Waals surface area contributed by atoms with Gasteiger partial charge in [-0.1, -0.05) is 24.3 Å². The quantitative estimate of drug-likeness (QED) is 0.810. The van der Waals surface area contributed by atoms with Gasteiger partial charge < -0.3 is 4.90 Å². The molecule has 1 aliphatic heterocycles. The number of rotatable bonds is 4. The summed E-state index contributed by atoms with van der Waals surface area (Å²) in [4.78, 5) is 14.8. The molecule has 0 spiro atoms. The van der Waals surface area contributed by atoms with Crippen molar-refractivity contribution in [3.63, 3.8) is 0 Å². The number of piperidine rings is 1. The number of amides is 1. The van der Waals surface area contributed by atoms with E-state index < -0.39 is 10.0 Å². The average molecular weight is 387 g/mol. The van der Waals surface area contributed by atoms with Crippen LogP contribution >= 0.6 is 0 Å². The molecule has 1 heterocycles. The zero-order chi connectivity index (χ0) is 19.6. The first-order valence-corrected chi connectivity index (χ1v) is 10.6. The number of hydrogen-bond acceptors (Lipinski definition) is 3. The highest BCUT2D eigenvalue weighted by Crippen LogP contribution is 2.27. The fourth-order valence-corrected chi connectivity index (χ4v) is 4.97. The maximum atomic E-state index is 12.9. The SMILES string of the molecule is Cc1ccc(S(=O)(=O)N2CCC(C(=O)N(C)c3ccccc3)CC2)cc1C. The topological polar surface area (TPSA) is 57.7 Å². The third kappa shape index (κ3) is 4.06. The molecule has 0 saturated carbocycles. The van der Waals surface area contributed by atoms with Crippen LogP contribution in [0.1, 0.15) is 24.0 Å². The second kappa shape index (κ2) is 7.82. The molecule has 0 bridgehead atoms. The van der Waals surface area contributed by atoms with Gasteiger partial charge in [0, 0.05) is 31.7 Å². The van der Waals surface area contributed by atoms with Crippen molar-refractivity contribution in [1.29, 1.82) is 0 Å². The van der Waals surface area contributed by atoms with Crippen LogP contribution in [0.15, 0.2) is 53.4 Å². The molecule has 1 fully saturated rings. The number of carbonyl (C=O) groups is 1. The molecule has 0 N–H and O–H groups in total. The molecule has 2 aromatic carbocycles. The van der Waals surface area contributed by atoms with Crippen LogP contribution in [0.4, 0.5) is 5.69 Å². The van der Waals surface area contributed by atoms with Gasteiger partial charge in [0.15, 0.2) is 0 Å². The summed E-state index contributed by atoms with van der Waals surface area (Å²) in [6, 6.07) is 14.7. The number of benzene rings is 2. The molecule has 0 aromatic heterocycles. The second-order valence-electron chi connectivity index (χ2n) is 7.16. The van der Waals surface area contributed by atoms with E-state index in [0.29, 0.717) is 30.8 Å². The molecule has 2 aromatic rings. The Morgan fingerprint density at radius 1 is 1.00 bits per heavy atom. The normalized spacial score (nSPS) is 16.3. The van der Waals surface area contributed by atoms with Crippen LogP contribution in [0.3, 0.4) is 0 Å². The van der Waals surface area contributed by atoms with E-state index in [1.54, 1.807) is 24.1 Å². The third-order valence-corrected chi connectivity index (χ3v) is 7.29. The average Bonchev–Trinajstić information content (AvgIpc) is 2.69. The number of hydrogen-bond donors (Lipinski definition) is 0. The van der Waals surface area contributed by atoms with Crippen molar-refractivity contribution in [3.8, 4) is 0 Å². The molecule has 0 atom stereocenters. The Bertz CT molecular complexity index is 918. The second-order valence-corrected chi connectivity index (χ2v) is 9.10. The number of nitrogens with zero attached hydrogens (tertiary/aromatic N) is 2. The number of carbonyl (C=O) groups excluding carboxylic acids is 1. The van der Waals surface area contributed by atoms with Crippen molar-refractivity contribution < 1.29 is 13.2 Å². The summed E-state index contributed by atoms with van der Waals surface area (Å²) in [6.45, 7) is 4.62. The zero-order valence-corrected chi connectivity index (χ0v) is 16.9. The molecule has 0 aliphatic carbocycles. The lowest BCUT2D eigenvalue weighted by molar-refractivity contribution is -0.123. The molecule has 27 heavy (non-hydrogen) atoms. The summed E-state index contributed by atoms with van der Waals surface area (Å²) in [5, 5.41) is 0. The van der Waals surface area contributed by atoms with Crippen molar-refractivity contribution in [3.05, 3.63) is 59.7 Å². The van der Waals surface area contributed by atoms with Crippen molar-refractivity contribution >= 4 is 21.6 Å². The highest BCUT2D eigenvalue weighted by Gasteiger charge is 2.33. The molecule has 1 amide bonds. The van der Waals surface area contributed by atoms with Gasteiger partial charge in [0.25, 0.3) is 0 Å². The molecular formula is C21H26N2O3S. The summed E-state index contributed by atoms with van der Waals surface area (Å²) in [5.74, 6) is -0.106. The lowest BCUT2D eigenvalue weighted by Gasteiger charge is -2.32. The van der Waals surface area contributed by atoms with E-state index in [2.05, 4.69) is 0 Å². The van der Waals surface area contributed by atoms with Crippen LogP contribution in [0.5, 0.6) is 0 Å². The highest BCUT2D eigenvalue weighted by atomic mass is 32.2. The van der Waals surface area contributed by atoms with E-state index in [1.165, 1.54) is 4.31 Å². The Balaban J connectivity index is 1.67. The fourth-order valence-electron chi connectivity index (χ4n) is 3.42. The van der Waals surface area contributed by atoms with Crippen LogP contribution < -0.4 is 4.90 Å². The number of sulfonamides is 1. The van der Waals surface area contributed by atoms with E-state index >= 15 is 0 Å². The summed E-state index contributed by atoms with van der Waals surface area (Å²) >= 11 is 0. The Morgan fingerprint density at radius 2 is 1.63 bits per heavy atom. The van der Waals surface area contributed by atoms with Gasteiger partial charge in [-0.25, -0.2) is 8.42 Å². The van der Waals surface area contributed by atoms with Crippen LogP contribution in [0.2, 0.25) is 0 Å². The van der Waals surface area contributed by atoms with Gasteiger partial charge in [0.2, 0.25) is 15.9 Å². The Hall–Kier alpha value is -2.18. The first-order valence-electron chi connectivity index (χ1n) is 9.20.